The van der Waals surface area contributed by atoms with Gasteiger partial charge in [-0.25, -0.2) is 4.79 Å². The third-order valence-electron chi connectivity index (χ3n) is 6.27. The molecule has 4 rings (SSSR count). The van der Waals surface area contributed by atoms with Crippen LogP contribution in [0.2, 0.25) is 5.02 Å². The molecule has 40 heavy (non-hydrogen) atoms. The smallest absolute Gasteiger partial charge is 0.349 e. The zero-order valence-corrected chi connectivity index (χ0v) is 24.7. The van der Waals surface area contributed by atoms with Crippen LogP contribution in [0.5, 0.6) is 5.75 Å². The average Bonchev–Trinajstić information content (AvgIpc) is 3.46. The number of esters is 1. The third-order valence-corrected chi connectivity index (χ3v) is 6.50. The first kappa shape index (κ1) is 29.2. The number of carbonyl (C=O) groups is 1. The third kappa shape index (κ3) is 7.05. The molecule has 0 unspecified atom stereocenters. The molecular formula is C29H35ClN6O4. The van der Waals surface area contributed by atoms with E-state index in [1.54, 1.807) is 32.5 Å². The SMILES string of the molecule is CCOC(=O)C(C)(C)Oc1c(C)cc(CN(Cc2nnc(C)o2)Cc2nn(-c3cccc(Cl)c3)nc2C)cc1C. The Morgan fingerprint density at radius 1 is 1.02 bits per heavy atom. The minimum absolute atomic E-state index is 0.296. The van der Waals surface area contributed by atoms with E-state index >= 15 is 0 Å². The van der Waals surface area contributed by atoms with Gasteiger partial charge in [0.2, 0.25) is 11.8 Å². The number of aryl methyl sites for hydroxylation is 4. The topological polar surface area (TPSA) is 108 Å². The molecule has 0 saturated heterocycles. The first-order chi connectivity index (χ1) is 18.9. The highest BCUT2D eigenvalue weighted by atomic mass is 35.5. The summed E-state index contributed by atoms with van der Waals surface area (Å²) in [6.07, 6.45) is 0. The molecule has 0 saturated carbocycles. The molecule has 11 heteroatoms. The molecule has 0 aliphatic heterocycles. The summed E-state index contributed by atoms with van der Waals surface area (Å²) in [4.78, 5) is 16.2. The molecule has 2 aromatic heterocycles. The monoisotopic (exact) mass is 566 g/mol. The lowest BCUT2D eigenvalue weighted by Gasteiger charge is -2.27. The quantitative estimate of drug-likeness (QED) is 0.219. The van der Waals surface area contributed by atoms with Gasteiger partial charge in [-0.1, -0.05) is 29.8 Å². The fraction of sp³-hybridized carbons (Fsp3) is 0.414. The van der Waals surface area contributed by atoms with Crippen LogP contribution in [0.25, 0.3) is 5.69 Å². The Morgan fingerprint density at radius 3 is 2.38 bits per heavy atom. The van der Waals surface area contributed by atoms with E-state index in [4.69, 9.17) is 30.6 Å². The average molecular weight is 567 g/mol. The van der Waals surface area contributed by atoms with Crippen LogP contribution in [0.1, 0.15) is 60.6 Å². The summed E-state index contributed by atoms with van der Waals surface area (Å²) in [7, 11) is 0. The molecule has 0 amide bonds. The lowest BCUT2D eigenvalue weighted by molar-refractivity contribution is -0.158. The first-order valence-electron chi connectivity index (χ1n) is 13.1. The van der Waals surface area contributed by atoms with Crippen LogP contribution in [-0.4, -0.2) is 48.3 Å². The highest BCUT2D eigenvalue weighted by Crippen LogP contribution is 2.30. The molecule has 212 valence electrons. The van der Waals surface area contributed by atoms with Gasteiger partial charge in [-0.3, -0.25) is 4.90 Å². The van der Waals surface area contributed by atoms with Crippen LogP contribution >= 0.6 is 11.6 Å². The van der Waals surface area contributed by atoms with E-state index in [0.717, 1.165) is 33.8 Å². The van der Waals surface area contributed by atoms with Crippen molar-refractivity contribution in [1.82, 2.24) is 30.1 Å². The molecule has 0 aliphatic rings. The minimum Gasteiger partial charge on any atom is -0.476 e. The Morgan fingerprint density at radius 2 is 1.75 bits per heavy atom. The summed E-state index contributed by atoms with van der Waals surface area (Å²) in [6, 6.07) is 11.5. The number of aromatic nitrogens is 5. The van der Waals surface area contributed by atoms with E-state index in [9.17, 15) is 4.79 Å². The molecule has 10 nitrogen and oxygen atoms in total. The summed E-state index contributed by atoms with van der Waals surface area (Å²) in [5.41, 5.74) is 4.21. The Bertz CT molecular complexity index is 1470. The molecule has 0 N–H and O–H groups in total. The van der Waals surface area contributed by atoms with Crippen molar-refractivity contribution in [2.45, 2.75) is 73.7 Å². The van der Waals surface area contributed by atoms with E-state index in [2.05, 4.69) is 32.3 Å². The van der Waals surface area contributed by atoms with Crippen molar-refractivity contribution in [3.05, 3.63) is 81.3 Å². The van der Waals surface area contributed by atoms with Gasteiger partial charge in [0.15, 0.2) is 5.60 Å². The molecule has 2 heterocycles. The predicted molar refractivity (Wildman–Crippen MR) is 150 cm³/mol. The van der Waals surface area contributed by atoms with Gasteiger partial charge in [0, 0.05) is 25.0 Å². The summed E-state index contributed by atoms with van der Waals surface area (Å²) in [5, 5.41) is 18.2. The second kappa shape index (κ2) is 12.2. The van der Waals surface area contributed by atoms with Crippen molar-refractivity contribution in [3.8, 4) is 11.4 Å². The highest BCUT2D eigenvalue weighted by Gasteiger charge is 2.32. The van der Waals surface area contributed by atoms with Crippen LogP contribution < -0.4 is 4.74 Å². The Kier molecular flexibility index (Phi) is 8.90. The Balaban J connectivity index is 1.59. The van der Waals surface area contributed by atoms with E-state index in [0.29, 0.717) is 48.8 Å². The van der Waals surface area contributed by atoms with Gasteiger partial charge in [-0.2, -0.15) is 15.0 Å². The number of hydrogen-bond acceptors (Lipinski definition) is 9. The lowest BCUT2D eigenvalue weighted by Crippen LogP contribution is -2.40. The Hall–Kier alpha value is -3.76. The van der Waals surface area contributed by atoms with Gasteiger partial charge in [0.05, 0.1) is 24.5 Å². The number of halogens is 1. The number of nitrogens with zero attached hydrogens (tertiary/aromatic N) is 6. The van der Waals surface area contributed by atoms with Crippen molar-refractivity contribution >= 4 is 17.6 Å². The lowest BCUT2D eigenvalue weighted by atomic mass is 10.0. The minimum atomic E-state index is -1.11. The van der Waals surface area contributed by atoms with Gasteiger partial charge in [0.1, 0.15) is 11.4 Å². The van der Waals surface area contributed by atoms with Crippen LogP contribution in [-0.2, 0) is 29.2 Å². The van der Waals surface area contributed by atoms with Crippen LogP contribution in [0.15, 0.2) is 40.8 Å². The summed E-state index contributed by atoms with van der Waals surface area (Å²) in [5.74, 6) is 1.29. The van der Waals surface area contributed by atoms with Gasteiger partial charge in [-0.05, 0) is 76.4 Å². The van der Waals surface area contributed by atoms with Gasteiger partial charge in [-0.15, -0.1) is 10.2 Å². The maximum atomic E-state index is 12.4. The molecule has 0 spiro atoms. The van der Waals surface area contributed by atoms with E-state index in [1.165, 1.54) is 0 Å². The van der Waals surface area contributed by atoms with Gasteiger partial charge >= 0.3 is 5.97 Å². The number of carbonyl (C=O) groups excluding carboxylic acids is 1. The van der Waals surface area contributed by atoms with Crippen molar-refractivity contribution in [3.63, 3.8) is 0 Å². The van der Waals surface area contributed by atoms with Crippen molar-refractivity contribution in [1.29, 1.82) is 0 Å². The van der Waals surface area contributed by atoms with Crippen molar-refractivity contribution in [2.75, 3.05) is 6.61 Å². The fourth-order valence-corrected chi connectivity index (χ4v) is 4.58. The molecule has 0 bridgehead atoms. The fourth-order valence-electron chi connectivity index (χ4n) is 4.40. The van der Waals surface area contributed by atoms with Crippen LogP contribution in [0.3, 0.4) is 0 Å². The molecular weight excluding hydrogens is 532 g/mol. The largest absolute Gasteiger partial charge is 0.476 e. The second-order valence-corrected chi connectivity index (χ2v) is 10.7. The maximum Gasteiger partial charge on any atom is 0.349 e. The van der Waals surface area contributed by atoms with Crippen LogP contribution in [0.4, 0.5) is 0 Å². The normalized spacial score (nSPS) is 11.7. The molecule has 2 aromatic carbocycles. The van der Waals surface area contributed by atoms with E-state index in [-0.39, 0.29) is 0 Å². The van der Waals surface area contributed by atoms with Gasteiger partial charge < -0.3 is 13.9 Å². The van der Waals surface area contributed by atoms with Crippen LogP contribution in [0, 0.1) is 27.7 Å². The zero-order valence-electron chi connectivity index (χ0n) is 24.0. The van der Waals surface area contributed by atoms with Crippen molar-refractivity contribution < 1.29 is 18.7 Å². The van der Waals surface area contributed by atoms with E-state index in [1.807, 2.05) is 45.0 Å². The van der Waals surface area contributed by atoms with E-state index < -0.39 is 11.6 Å². The van der Waals surface area contributed by atoms with Crippen molar-refractivity contribution in [2.24, 2.45) is 0 Å². The first-order valence-corrected chi connectivity index (χ1v) is 13.5. The standard InChI is InChI=1S/C29H35ClN6O4/c1-8-38-28(37)29(6,7)40-27-18(2)12-22(13-19(27)3)15-35(17-26-32-31-21(5)39-26)16-25-20(4)33-36(34-25)24-11-9-10-23(30)14-24/h9-14H,8,15-17H2,1-7H3. The summed E-state index contributed by atoms with van der Waals surface area (Å²) >= 11 is 6.18. The summed E-state index contributed by atoms with van der Waals surface area (Å²) < 4.78 is 17.0. The molecule has 4 aromatic rings. The maximum absolute atomic E-state index is 12.4. The van der Waals surface area contributed by atoms with Gasteiger partial charge in [0.25, 0.3) is 0 Å². The number of rotatable bonds is 11. The Labute approximate surface area is 239 Å². The number of benzene rings is 2. The molecule has 0 atom stereocenters. The number of hydrogen-bond donors (Lipinski definition) is 0. The number of ether oxygens (including phenoxy) is 2. The molecule has 0 aliphatic carbocycles. The highest BCUT2D eigenvalue weighted by molar-refractivity contribution is 6.30. The second-order valence-electron chi connectivity index (χ2n) is 10.3. The summed E-state index contributed by atoms with van der Waals surface area (Å²) in [6.45, 7) is 14.7. The molecule has 0 radical (unpaired) electrons. The predicted octanol–water partition coefficient (Wildman–Crippen LogP) is 5.46. The molecule has 0 fully saturated rings. The zero-order chi connectivity index (χ0) is 29.0.